The van der Waals surface area contributed by atoms with Crippen LogP contribution in [0.25, 0.3) is 0 Å². The number of rotatable bonds is 6. The monoisotopic (exact) mass is 372 g/mol. The van der Waals surface area contributed by atoms with Gasteiger partial charge in [-0.1, -0.05) is 30.3 Å². The van der Waals surface area contributed by atoms with E-state index in [1.165, 1.54) is 29.8 Å². The highest BCUT2D eigenvalue weighted by molar-refractivity contribution is 7.94. The Morgan fingerprint density at radius 2 is 1.73 bits per heavy atom. The molecule has 1 heterocycles. The van der Waals surface area contributed by atoms with Gasteiger partial charge in [0.05, 0.1) is 11.4 Å². The van der Waals surface area contributed by atoms with Crippen molar-refractivity contribution in [3.8, 4) is 0 Å². The first kappa shape index (κ1) is 18.1. The lowest BCUT2D eigenvalue weighted by atomic mass is 10.1. The lowest BCUT2D eigenvalue weighted by molar-refractivity contribution is -0.116. The topological polar surface area (TPSA) is 83.6 Å². The molecular weight excluding hydrogens is 352 g/mol. The van der Waals surface area contributed by atoms with Gasteiger partial charge in [0.2, 0.25) is 15.9 Å². The fourth-order valence-corrected chi connectivity index (χ4v) is 4.32. The maximum atomic E-state index is 12.2. The van der Waals surface area contributed by atoms with E-state index in [1.54, 1.807) is 0 Å². The summed E-state index contributed by atoms with van der Waals surface area (Å²) < 4.78 is 24.6. The van der Waals surface area contributed by atoms with E-state index in [2.05, 4.69) is 5.32 Å². The fraction of sp³-hybridized carbons (Fsp3) is 0.263. The average Bonchev–Trinajstić information content (AvgIpc) is 2.92. The second-order valence-corrected chi connectivity index (χ2v) is 8.05. The third-order valence-corrected chi connectivity index (χ3v) is 5.90. The molecule has 0 unspecified atom stereocenters. The number of nitrogens with one attached hydrogen (secondary N) is 1. The summed E-state index contributed by atoms with van der Waals surface area (Å²) in [6, 6.07) is 16.1. The highest BCUT2D eigenvalue weighted by Gasteiger charge is 2.36. The molecule has 0 spiro atoms. The molecule has 1 N–H and O–H groups in total. The Labute approximate surface area is 152 Å². The van der Waals surface area contributed by atoms with Crippen LogP contribution >= 0.6 is 0 Å². The Kier molecular flexibility index (Phi) is 5.37. The summed E-state index contributed by atoms with van der Waals surface area (Å²) in [5, 5.41) is 2.85. The Bertz CT molecular complexity index is 893. The number of amides is 2. The number of carbonyl (C=O) groups is 2. The quantitative estimate of drug-likeness (QED) is 0.787. The van der Waals surface area contributed by atoms with Crippen LogP contribution in [0.1, 0.15) is 28.8 Å². The van der Waals surface area contributed by atoms with Crippen LogP contribution < -0.4 is 9.62 Å². The normalized spacial score (nSPS) is 15.8. The molecule has 6 nitrogen and oxygen atoms in total. The Hall–Kier alpha value is -2.67. The fourth-order valence-electron chi connectivity index (χ4n) is 2.86. The van der Waals surface area contributed by atoms with E-state index >= 15 is 0 Å². The minimum absolute atomic E-state index is 0.00795. The maximum Gasteiger partial charge on any atom is 0.251 e. The molecule has 2 aromatic rings. The van der Waals surface area contributed by atoms with E-state index in [9.17, 15) is 18.0 Å². The molecule has 136 valence electrons. The van der Waals surface area contributed by atoms with Gasteiger partial charge in [0, 0.05) is 18.5 Å². The average molecular weight is 372 g/mol. The van der Waals surface area contributed by atoms with Gasteiger partial charge in [0.15, 0.2) is 0 Å². The lowest BCUT2D eigenvalue weighted by Gasteiger charge is -2.15. The molecule has 0 radical (unpaired) electrons. The van der Waals surface area contributed by atoms with Gasteiger partial charge in [0.25, 0.3) is 5.91 Å². The number of aryl methyl sites for hydroxylation is 1. The van der Waals surface area contributed by atoms with E-state index in [0.29, 0.717) is 12.1 Å². The van der Waals surface area contributed by atoms with Crippen molar-refractivity contribution in [1.29, 1.82) is 0 Å². The van der Waals surface area contributed by atoms with Crippen molar-refractivity contribution in [1.82, 2.24) is 5.32 Å². The summed E-state index contributed by atoms with van der Waals surface area (Å²) in [7, 11) is -3.58. The van der Waals surface area contributed by atoms with Crippen LogP contribution in [0.5, 0.6) is 0 Å². The number of anilines is 1. The van der Waals surface area contributed by atoms with E-state index < -0.39 is 15.9 Å². The molecule has 3 rings (SSSR count). The van der Waals surface area contributed by atoms with E-state index in [1.807, 2.05) is 30.3 Å². The maximum absolute atomic E-state index is 12.2. The first-order chi connectivity index (χ1) is 12.5. The van der Waals surface area contributed by atoms with E-state index in [4.69, 9.17) is 0 Å². The molecule has 2 amide bonds. The van der Waals surface area contributed by atoms with Crippen molar-refractivity contribution >= 4 is 27.5 Å². The predicted octanol–water partition coefficient (Wildman–Crippen LogP) is 2.12. The molecule has 0 aromatic heterocycles. The summed E-state index contributed by atoms with van der Waals surface area (Å²) in [6.45, 7) is 0.550. The minimum Gasteiger partial charge on any atom is -0.352 e. The highest BCUT2D eigenvalue weighted by atomic mass is 32.2. The van der Waals surface area contributed by atoms with Gasteiger partial charge in [-0.25, -0.2) is 12.7 Å². The van der Waals surface area contributed by atoms with Gasteiger partial charge in [-0.15, -0.1) is 0 Å². The largest absolute Gasteiger partial charge is 0.352 e. The van der Waals surface area contributed by atoms with Crippen molar-refractivity contribution in [3.05, 3.63) is 65.7 Å². The molecule has 0 atom stereocenters. The van der Waals surface area contributed by atoms with E-state index in [-0.39, 0.29) is 23.8 Å². The summed E-state index contributed by atoms with van der Waals surface area (Å²) in [5.41, 5.74) is 1.92. The van der Waals surface area contributed by atoms with Crippen LogP contribution in [0.2, 0.25) is 0 Å². The van der Waals surface area contributed by atoms with E-state index in [0.717, 1.165) is 17.1 Å². The molecular formula is C19H20N2O4S. The highest BCUT2D eigenvalue weighted by Crippen LogP contribution is 2.25. The summed E-state index contributed by atoms with van der Waals surface area (Å²) in [6.07, 6.45) is 1.70. The van der Waals surface area contributed by atoms with Crippen molar-refractivity contribution in [2.75, 3.05) is 16.6 Å². The van der Waals surface area contributed by atoms with Crippen molar-refractivity contribution in [3.63, 3.8) is 0 Å². The van der Waals surface area contributed by atoms with Gasteiger partial charge < -0.3 is 5.32 Å². The third-order valence-electron chi connectivity index (χ3n) is 4.21. The number of sulfonamides is 1. The van der Waals surface area contributed by atoms with Crippen LogP contribution in [0.3, 0.4) is 0 Å². The van der Waals surface area contributed by atoms with Gasteiger partial charge in [-0.2, -0.15) is 0 Å². The Morgan fingerprint density at radius 1 is 1.04 bits per heavy atom. The molecule has 2 aromatic carbocycles. The molecule has 1 fully saturated rings. The Balaban J connectivity index is 1.55. The number of benzene rings is 2. The predicted molar refractivity (Wildman–Crippen MR) is 99.4 cm³/mol. The third kappa shape index (κ3) is 4.11. The SMILES string of the molecule is O=C(NCCCc1ccccc1)c1ccc(N2C(=O)CCS2(=O)=O)cc1. The van der Waals surface area contributed by atoms with Gasteiger partial charge >= 0.3 is 0 Å². The summed E-state index contributed by atoms with van der Waals surface area (Å²) in [5.74, 6) is -0.835. The Morgan fingerprint density at radius 3 is 2.35 bits per heavy atom. The molecule has 26 heavy (non-hydrogen) atoms. The molecule has 0 saturated carbocycles. The molecule has 1 saturated heterocycles. The van der Waals surface area contributed by atoms with Crippen molar-refractivity contribution < 1.29 is 18.0 Å². The molecule has 7 heteroatoms. The van der Waals surface area contributed by atoms with Gasteiger partial charge in [-0.05, 0) is 42.7 Å². The molecule has 1 aliphatic heterocycles. The zero-order valence-electron chi connectivity index (χ0n) is 14.2. The summed E-state index contributed by atoms with van der Waals surface area (Å²) >= 11 is 0. The number of nitrogens with zero attached hydrogens (tertiary/aromatic N) is 1. The second kappa shape index (κ2) is 7.70. The smallest absolute Gasteiger partial charge is 0.251 e. The number of carbonyl (C=O) groups excluding carboxylic acids is 2. The van der Waals surface area contributed by atoms with Gasteiger partial charge in [-0.3, -0.25) is 9.59 Å². The number of hydrogen-bond acceptors (Lipinski definition) is 4. The molecule has 0 bridgehead atoms. The van der Waals surface area contributed by atoms with Gasteiger partial charge in [0.1, 0.15) is 0 Å². The van der Waals surface area contributed by atoms with Crippen LogP contribution in [0.15, 0.2) is 54.6 Å². The second-order valence-electron chi connectivity index (χ2n) is 6.12. The van der Waals surface area contributed by atoms with Crippen LogP contribution in [0.4, 0.5) is 5.69 Å². The van der Waals surface area contributed by atoms with Crippen molar-refractivity contribution in [2.24, 2.45) is 0 Å². The standard InChI is InChI=1S/C19H20N2O4S/c22-18-12-14-26(24,25)21(18)17-10-8-16(9-11-17)19(23)20-13-4-7-15-5-2-1-3-6-15/h1-3,5-6,8-11H,4,7,12-14H2,(H,20,23). The molecule has 0 aliphatic carbocycles. The van der Waals surface area contributed by atoms with Crippen molar-refractivity contribution in [2.45, 2.75) is 19.3 Å². The van der Waals surface area contributed by atoms with Crippen LogP contribution in [0, 0.1) is 0 Å². The molecule has 1 aliphatic rings. The van der Waals surface area contributed by atoms with Crippen LogP contribution in [-0.2, 0) is 21.2 Å². The van der Waals surface area contributed by atoms with Crippen LogP contribution in [-0.4, -0.2) is 32.5 Å². The summed E-state index contributed by atoms with van der Waals surface area (Å²) in [4.78, 5) is 23.9. The zero-order chi connectivity index (χ0) is 18.6. The number of hydrogen-bond donors (Lipinski definition) is 1. The minimum atomic E-state index is -3.58. The first-order valence-electron chi connectivity index (χ1n) is 8.45. The first-order valence-corrected chi connectivity index (χ1v) is 10.1. The zero-order valence-corrected chi connectivity index (χ0v) is 15.0. The lowest BCUT2D eigenvalue weighted by Crippen LogP contribution is -2.29.